The number of unbranched alkanes of at least 4 members (excludes halogenated alkanes) is 5. The van der Waals surface area contributed by atoms with Crippen molar-refractivity contribution in [2.24, 2.45) is 0 Å². The van der Waals surface area contributed by atoms with E-state index in [0.29, 0.717) is 44.9 Å². The molecule has 115 heavy (non-hydrogen) atoms. The van der Waals surface area contributed by atoms with Gasteiger partial charge in [-0.3, -0.25) is 57.3 Å². The number of carbonyl (C=O) groups excluding carboxylic acids is 11. The van der Waals surface area contributed by atoms with Crippen LogP contribution in [0.4, 0.5) is 0 Å². The predicted molar refractivity (Wildman–Crippen MR) is 402 cm³/mol. The first-order chi connectivity index (χ1) is 54.9. The van der Waals surface area contributed by atoms with Crippen LogP contribution in [0.1, 0.15) is 149 Å². The van der Waals surface area contributed by atoms with E-state index in [1.807, 2.05) is 0 Å². The van der Waals surface area contributed by atoms with Gasteiger partial charge in [0.25, 0.3) is 0 Å². The summed E-state index contributed by atoms with van der Waals surface area (Å²) >= 11 is 0. The molecule has 3 saturated heterocycles. The van der Waals surface area contributed by atoms with Crippen molar-refractivity contribution in [2.75, 3.05) is 132 Å². The van der Waals surface area contributed by atoms with Crippen molar-refractivity contribution in [3.63, 3.8) is 0 Å². The second kappa shape index (κ2) is 59.3. The molecule has 3 aliphatic rings. The van der Waals surface area contributed by atoms with Gasteiger partial charge in [0.05, 0.1) is 91.9 Å². The molecule has 0 aromatic heterocycles. The second-order valence-corrected chi connectivity index (χ2v) is 29.8. The Labute approximate surface area is 669 Å². The van der Waals surface area contributed by atoms with Gasteiger partial charge in [-0.15, -0.1) is 0 Å². The van der Waals surface area contributed by atoms with Gasteiger partial charge in [-0.2, -0.15) is 0 Å². The summed E-state index contributed by atoms with van der Waals surface area (Å²) in [6.45, 7) is 3.99. The molecule has 0 aromatic carbocycles. The quantitative estimate of drug-likeness (QED) is 0.0199. The molecule has 43 nitrogen and oxygen atoms in total. The molecule has 0 bridgehead atoms. The third-order valence-corrected chi connectivity index (χ3v) is 18.8. The average molecular weight is 1680 g/mol. The van der Waals surface area contributed by atoms with Crippen LogP contribution < -0.4 is 58.5 Å². The van der Waals surface area contributed by atoms with Crippen LogP contribution >= 0.6 is 7.60 Å². The maximum Gasteiger partial charge on any atom is 0.325 e. The fourth-order valence-corrected chi connectivity index (χ4v) is 12.6. The van der Waals surface area contributed by atoms with Crippen LogP contribution in [0.5, 0.6) is 0 Å². The highest BCUT2D eigenvalue weighted by Gasteiger charge is 2.47. The predicted octanol–water partition coefficient (Wildman–Crippen LogP) is -6.78. The molecule has 21 N–H and O–H groups in total. The molecule has 3 rings (SSSR count). The van der Waals surface area contributed by atoms with Crippen molar-refractivity contribution < 1.29 is 155 Å². The van der Waals surface area contributed by atoms with Gasteiger partial charge < -0.3 is 156 Å². The molecular formula is C71H128N11O32P. The summed E-state index contributed by atoms with van der Waals surface area (Å²) in [5, 5.41) is 120. The molecule has 11 amide bonds. The summed E-state index contributed by atoms with van der Waals surface area (Å²) in [6.07, 6.45) is -11.8. The number of amides is 11. The third-order valence-electron chi connectivity index (χ3n) is 18.1. The van der Waals surface area contributed by atoms with Gasteiger partial charge in [0.15, 0.2) is 18.9 Å². The first-order valence-corrected chi connectivity index (χ1v) is 41.3. The summed E-state index contributed by atoms with van der Waals surface area (Å²) < 4.78 is 66.5. The van der Waals surface area contributed by atoms with Gasteiger partial charge in [-0.25, -0.2) is 0 Å². The lowest BCUT2D eigenvalue weighted by Crippen LogP contribution is -2.64. The SMILES string of the molecule is CC(=O)NC1CC(OCCOCCNC(=O)CCCC(=O)N[C@@H](CCCCNC(=O)CCCC(=O)NCCOCCOC2OC(CO)C(O)C(O)C2NC(C)=O)C(=O)N[C@@H](CCCCNC(=O)CCCC(=O)NCCOCCOC2OC(CO)C(O)C(O)C2NC(C)=O)C(=O)NCCCCCCOP(C)(=O)O)OC(CO)C(O)C1O. The number of ether oxygens (including phenoxy) is 9. The molecule has 0 radical (unpaired) electrons. The minimum atomic E-state index is -3.64. The van der Waals surface area contributed by atoms with E-state index in [-0.39, 0.29) is 212 Å². The van der Waals surface area contributed by atoms with Crippen molar-refractivity contribution >= 4 is 72.6 Å². The zero-order valence-corrected chi connectivity index (χ0v) is 67.2. The number of hydrogen-bond donors (Lipinski definition) is 21. The molecule has 44 heteroatoms. The minimum absolute atomic E-state index is 0.00441. The standard InChI is InChI=1S/C71H128N11O32P/c1-44(86)78-49-40-59(112-50(41-83)63(96)62(49)95)108-37-34-105-31-27-76-57(93)22-15-23-58(94)81-48(17-8-11-25-73-54(90)19-14-21-56(92)75-29-33-107-36-39-110-71-61(80-46(3)88)67(100)65(98)52(43-85)114-71)69(102)82-47(68(101)77-26-9-5-6-12-30-111-115(4,103)104)16-7-10-24-72-53(89)18-13-20-55(91)74-28-32-106-35-38-109-70-60(79-45(2)87)66(99)64(97)51(42-84)113-70/h47-52,59-67,70-71,83-85,95-100H,5-43H2,1-4H3,(H,72,89)(H,73,90)(H,74,91)(H,75,92)(H,76,93)(H,77,101)(H,78,86)(H,79,87)(H,80,88)(H,81,94)(H,82,102)(H,103,104)/t47-,48-,49?,50?,51?,52?,59?,60?,61?,62?,63?,64?,65?,66?,67?,70?,71?/m0/s1. The van der Waals surface area contributed by atoms with Crippen molar-refractivity contribution in [3.8, 4) is 0 Å². The molecule has 16 unspecified atom stereocenters. The van der Waals surface area contributed by atoms with Crippen molar-refractivity contribution in [1.29, 1.82) is 0 Å². The van der Waals surface area contributed by atoms with Gasteiger partial charge in [-0.1, -0.05) is 12.8 Å². The van der Waals surface area contributed by atoms with Gasteiger partial charge >= 0.3 is 7.60 Å². The molecule has 664 valence electrons. The van der Waals surface area contributed by atoms with Crippen LogP contribution in [0, 0.1) is 0 Å². The Morgan fingerprint density at radius 3 is 1.17 bits per heavy atom. The van der Waals surface area contributed by atoms with E-state index >= 15 is 0 Å². The molecule has 0 spiro atoms. The van der Waals surface area contributed by atoms with Gasteiger partial charge in [0.1, 0.15) is 79.1 Å². The maximum atomic E-state index is 14.3. The first-order valence-electron chi connectivity index (χ1n) is 39.3. The lowest BCUT2D eigenvalue weighted by atomic mass is 9.97. The Kier molecular flexibility index (Phi) is 53.0. The zero-order chi connectivity index (χ0) is 85.1. The molecular weight excluding hydrogens is 1550 g/mol. The van der Waals surface area contributed by atoms with E-state index in [4.69, 9.17) is 47.2 Å². The Hall–Kier alpha value is -6.40. The fraction of sp³-hybridized carbons (Fsp3) is 0.845. The molecule has 18 atom stereocenters. The topological polar surface area (TPSA) is 632 Å². The molecule has 0 saturated carbocycles. The molecule has 3 heterocycles. The van der Waals surface area contributed by atoms with E-state index in [1.165, 1.54) is 20.8 Å². The Bertz CT molecular complexity index is 2920. The van der Waals surface area contributed by atoms with E-state index < -0.39 is 173 Å². The lowest BCUT2D eigenvalue weighted by Gasteiger charge is -2.42. The monoisotopic (exact) mass is 1680 g/mol. The number of carbonyl (C=O) groups is 11. The van der Waals surface area contributed by atoms with Crippen LogP contribution in [-0.2, 0) is 104 Å². The number of rotatable bonds is 61. The average Bonchev–Trinajstić information content (AvgIpc) is 1.33. The van der Waals surface area contributed by atoms with Crippen LogP contribution in [0.2, 0.25) is 0 Å². The zero-order valence-electron chi connectivity index (χ0n) is 66.3. The highest BCUT2D eigenvalue weighted by molar-refractivity contribution is 7.51. The largest absolute Gasteiger partial charge is 0.394 e. The molecule has 0 aliphatic carbocycles. The third kappa shape index (κ3) is 44.8. The highest BCUT2D eigenvalue weighted by atomic mass is 31.2. The van der Waals surface area contributed by atoms with Crippen LogP contribution in [0.25, 0.3) is 0 Å². The van der Waals surface area contributed by atoms with E-state index in [1.54, 1.807) is 0 Å². The lowest BCUT2D eigenvalue weighted by molar-refractivity contribution is -0.272. The normalized spacial score (nSPS) is 24.5. The van der Waals surface area contributed by atoms with Crippen LogP contribution in [0.3, 0.4) is 0 Å². The van der Waals surface area contributed by atoms with E-state index in [0.717, 1.165) is 6.66 Å². The molecule has 0 aromatic rings. The summed E-state index contributed by atoms with van der Waals surface area (Å²) in [4.78, 5) is 150. The Morgan fingerprint density at radius 2 is 0.748 bits per heavy atom. The second-order valence-electron chi connectivity index (χ2n) is 28.0. The molecule has 3 fully saturated rings. The van der Waals surface area contributed by atoms with Crippen LogP contribution in [-0.4, -0.2) is 352 Å². The van der Waals surface area contributed by atoms with Gasteiger partial charge in [0.2, 0.25) is 65.0 Å². The first kappa shape index (κ1) is 103. The molecule has 3 aliphatic heterocycles. The Balaban J connectivity index is 1.53. The van der Waals surface area contributed by atoms with Crippen molar-refractivity contribution in [3.05, 3.63) is 0 Å². The number of hydrogen-bond acceptors (Lipinski definition) is 31. The van der Waals surface area contributed by atoms with Gasteiger partial charge in [0, 0.05) is 112 Å². The summed E-state index contributed by atoms with van der Waals surface area (Å²) in [7, 11) is -3.64. The number of aliphatic hydroxyl groups is 9. The van der Waals surface area contributed by atoms with Gasteiger partial charge in [-0.05, 0) is 70.6 Å². The van der Waals surface area contributed by atoms with Crippen LogP contribution in [0.15, 0.2) is 0 Å². The van der Waals surface area contributed by atoms with E-state index in [2.05, 4.69) is 58.5 Å². The fourth-order valence-electron chi connectivity index (χ4n) is 12.1. The summed E-state index contributed by atoms with van der Waals surface area (Å²) in [5.41, 5.74) is 0. The minimum Gasteiger partial charge on any atom is -0.394 e. The maximum absolute atomic E-state index is 14.3. The summed E-state index contributed by atoms with van der Waals surface area (Å²) in [5.74, 6) is -5.08. The smallest absolute Gasteiger partial charge is 0.325 e. The van der Waals surface area contributed by atoms with Crippen molar-refractivity contribution in [1.82, 2.24) is 58.5 Å². The Morgan fingerprint density at radius 1 is 0.383 bits per heavy atom. The number of nitrogens with one attached hydrogen (secondary N) is 11. The summed E-state index contributed by atoms with van der Waals surface area (Å²) in [6, 6.07) is -5.50. The number of aliphatic hydroxyl groups excluding tert-OH is 9. The highest BCUT2D eigenvalue weighted by Crippen LogP contribution is 2.36. The van der Waals surface area contributed by atoms with Crippen molar-refractivity contribution in [2.45, 2.75) is 253 Å². The van der Waals surface area contributed by atoms with E-state index in [9.17, 15) is 108 Å².